The number of allylic oxidation sites excluding steroid dienone is 2. The van der Waals surface area contributed by atoms with Crippen LogP contribution >= 0.6 is 19.1 Å². The van der Waals surface area contributed by atoms with Gasteiger partial charge in [0, 0.05) is 0 Å². The summed E-state index contributed by atoms with van der Waals surface area (Å²) in [6.07, 6.45) is 8.33. The van der Waals surface area contributed by atoms with Crippen molar-refractivity contribution in [2.45, 2.75) is 9.79 Å². The van der Waals surface area contributed by atoms with Crippen LogP contribution in [0.4, 0.5) is 0 Å². The molecule has 0 aliphatic carbocycles. The molecule has 0 aromatic heterocycles. The first-order valence-electron chi connectivity index (χ1n) is 6.57. The fourth-order valence-electron chi connectivity index (χ4n) is 1.75. The Morgan fingerprint density at radius 2 is 1.05 bits per heavy atom. The minimum atomic E-state index is -2.36. The van der Waals surface area contributed by atoms with Gasteiger partial charge in [0.05, 0.1) is 0 Å². The Morgan fingerprint density at radius 3 is 1.43 bits per heavy atom. The Bertz CT molecular complexity index is 536. The van der Waals surface area contributed by atoms with Crippen LogP contribution in [0.15, 0.2) is 72.8 Å². The van der Waals surface area contributed by atoms with Crippen LogP contribution in [0.5, 0.6) is 0 Å². The van der Waals surface area contributed by atoms with Crippen molar-refractivity contribution in [1.82, 2.24) is 0 Å². The molecule has 2 aromatic rings. The van der Waals surface area contributed by atoms with Crippen molar-refractivity contribution >= 4 is 31.2 Å². The first-order chi connectivity index (χ1) is 10.2. The fraction of sp³-hybridized carbons (Fsp3) is 0.111. The zero-order valence-corrected chi connectivity index (χ0v) is 14.6. The van der Waals surface area contributed by atoms with E-state index in [0.717, 1.165) is 9.79 Å². The van der Waals surface area contributed by atoms with Crippen molar-refractivity contribution in [3.8, 4) is 0 Å². The van der Waals surface area contributed by atoms with Gasteiger partial charge in [-0.25, -0.2) is 0 Å². The summed E-state index contributed by atoms with van der Waals surface area (Å²) >= 11 is -2.36. The number of hydrogen-bond acceptors (Lipinski definition) is 0. The van der Waals surface area contributed by atoms with E-state index in [2.05, 4.69) is 48.6 Å². The molecule has 0 heterocycles. The van der Waals surface area contributed by atoms with Crippen molar-refractivity contribution in [3.63, 3.8) is 0 Å². The molecular weight excluding hydrogens is 394 g/mol. The number of hydrogen-bond donors (Lipinski definition) is 0. The van der Waals surface area contributed by atoms with E-state index < -0.39 is 13.5 Å². The summed E-state index contributed by atoms with van der Waals surface area (Å²) in [5, 5.41) is 0. The summed E-state index contributed by atoms with van der Waals surface area (Å²) in [5.41, 5.74) is 2.36. The molecule has 0 nitrogen and oxygen atoms in total. The molecule has 21 heavy (non-hydrogen) atoms. The summed E-state index contributed by atoms with van der Waals surface area (Å²) in [7, 11) is 13.0. The van der Waals surface area contributed by atoms with Gasteiger partial charge in [0.2, 0.25) is 0 Å². The van der Waals surface area contributed by atoms with E-state index in [4.69, 9.17) is 19.1 Å². The maximum absolute atomic E-state index is 6.48. The van der Waals surface area contributed by atoms with Crippen LogP contribution in [-0.2, 0) is 13.5 Å². The van der Waals surface area contributed by atoms with Gasteiger partial charge >= 0.3 is 138 Å². The van der Waals surface area contributed by atoms with Gasteiger partial charge in [-0.1, -0.05) is 0 Å². The van der Waals surface area contributed by atoms with Gasteiger partial charge in [-0.2, -0.15) is 0 Å². The molecule has 0 aliphatic rings. The van der Waals surface area contributed by atoms with Gasteiger partial charge in [-0.15, -0.1) is 0 Å². The molecule has 2 rings (SSSR count). The Hall–Kier alpha value is -0.838. The SMILES string of the molecule is [Cl][Pd-2]([Cl])([CH2]C=Cc1ccccc1)[CH2]C=Cc1ccccc1. The first kappa shape index (κ1) is 16.5. The average molecular weight is 412 g/mol. The van der Waals surface area contributed by atoms with Crippen LogP contribution < -0.4 is 0 Å². The molecule has 0 spiro atoms. The average Bonchev–Trinajstić information content (AvgIpc) is 2.49. The monoisotopic (exact) mass is 410 g/mol. The van der Waals surface area contributed by atoms with Crippen molar-refractivity contribution in [1.29, 1.82) is 0 Å². The molecule has 0 unspecified atom stereocenters. The topological polar surface area (TPSA) is 0 Å². The van der Waals surface area contributed by atoms with Gasteiger partial charge in [0.15, 0.2) is 0 Å². The van der Waals surface area contributed by atoms with Gasteiger partial charge in [0.25, 0.3) is 0 Å². The summed E-state index contributed by atoms with van der Waals surface area (Å²) in [5.74, 6) is 0. The standard InChI is InChI=1S/2C9H9.2ClH.Pd/c2*1-2-6-9-7-4-3-5-8-9;;;/h2*2-8H,1H2;2*1H;/p-2. The van der Waals surface area contributed by atoms with E-state index in [-0.39, 0.29) is 0 Å². The minimum absolute atomic E-state index is 0.765. The fourth-order valence-corrected chi connectivity index (χ4v) is 4.78. The van der Waals surface area contributed by atoms with Crippen molar-refractivity contribution in [3.05, 3.63) is 83.9 Å². The van der Waals surface area contributed by atoms with E-state index in [9.17, 15) is 0 Å². The summed E-state index contributed by atoms with van der Waals surface area (Å²) < 4.78 is 0. The van der Waals surface area contributed by atoms with Gasteiger partial charge in [-0.3, -0.25) is 0 Å². The Labute approximate surface area is 138 Å². The summed E-state index contributed by atoms with van der Waals surface area (Å²) in [6, 6.07) is 20.4. The zero-order valence-electron chi connectivity index (χ0n) is 11.6. The van der Waals surface area contributed by atoms with E-state index in [1.807, 2.05) is 36.4 Å². The second-order valence-electron chi connectivity index (χ2n) is 4.43. The van der Waals surface area contributed by atoms with Crippen LogP contribution in [0.3, 0.4) is 0 Å². The molecule has 0 saturated heterocycles. The molecule has 0 fully saturated rings. The van der Waals surface area contributed by atoms with Gasteiger partial charge in [-0.05, 0) is 0 Å². The van der Waals surface area contributed by atoms with E-state index in [1.54, 1.807) is 0 Å². The molecule has 3 heteroatoms. The predicted octanol–water partition coefficient (Wildman–Crippen LogP) is 6.71. The second kappa shape index (κ2) is 8.57. The Kier molecular flexibility index (Phi) is 6.74. The maximum atomic E-state index is 6.48. The third-order valence-electron chi connectivity index (χ3n) is 2.75. The van der Waals surface area contributed by atoms with Crippen molar-refractivity contribution < 1.29 is 13.5 Å². The number of halogens is 2. The molecule has 2 aromatic carbocycles. The number of benzene rings is 2. The summed E-state index contributed by atoms with van der Waals surface area (Å²) in [4.78, 5) is 1.53. The van der Waals surface area contributed by atoms with E-state index >= 15 is 0 Å². The normalized spacial score (nSPS) is 13.0. The third-order valence-corrected chi connectivity index (χ3v) is 7.65. The molecule has 0 radical (unpaired) electrons. The van der Waals surface area contributed by atoms with Crippen LogP contribution in [0.1, 0.15) is 11.1 Å². The van der Waals surface area contributed by atoms with Crippen LogP contribution in [-0.4, -0.2) is 0 Å². The van der Waals surface area contributed by atoms with Gasteiger partial charge < -0.3 is 0 Å². The molecule has 116 valence electrons. The zero-order chi connectivity index (χ0) is 15.0. The molecule has 0 aliphatic heterocycles. The van der Waals surface area contributed by atoms with Crippen molar-refractivity contribution in [2.75, 3.05) is 0 Å². The Balaban J connectivity index is 1.84. The molecule has 0 N–H and O–H groups in total. The molecule has 0 amide bonds. The molecule has 0 bridgehead atoms. The van der Waals surface area contributed by atoms with E-state index in [0.29, 0.717) is 0 Å². The third kappa shape index (κ3) is 6.64. The molecular formula is C18H18Cl2Pd-2. The molecule has 0 atom stereocenters. The van der Waals surface area contributed by atoms with Crippen LogP contribution in [0.2, 0.25) is 9.79 Å². The van der Waals surface area contributed by atoms with Gasteiger partial charge in [0.1, 0.15) is 0 Å². The Morgan fingerprint density at radius 1 is 0.667 bits per heavy atom. The molecule has 0 saturated carbocycles. The van der Waals surface area contributed by atoms with Crippen LogP contribution in [0.25, 0.3) is 12.2 Å². The quantitative estimate of drug-likeness (QED) is 0.463. The van der Waals surface area contributed by atoms with Crippen LogP contribution in [0, 0.1) is 0 Å². The first-order valence-corrected chi connectivity index (χ1v) is 12.8. The predicted molar refractivity (Wildman–Crippen MR) is 92.3 cm³/mol. The number of rotatable bonds is 6. The summed E-state index contributed by atoms with van der Waals surface area (Å²) in [6.45, 7) is 0. The second-order valence-corrected chi connectivity index (χ2v) is 14.5. The van der Waals surface area contributed by atoms with E-state index in [1.165, 1.54) is 11.1 Å². The van der Waals surface area contributed by atoms with Crippen molar-refractivity contribution in [2.24, 2.45) is 0 Å².